The summed E-state index contributed by atoms with van der Waals surface area (Å²) in [5.41, 5.74) is 1.23. The summed E-state index contributed by atoms with van der Waals surface area (Å²) < 4.78 is 5.64. The SMILES string of the molecule is CC1CN(C(=O)COc2cccc(C(C)C)c2)CCN1.Cl. The van der Waals surface area contributed by atoms with Crippen LogP contribution in [0.2, 0.25) is 0 Å². The number of hydrogen-bond acceptors (Lipinski definition) is 3. The van der Waals surface area contributed by atoms with Crippen molar-refractivity contribution in [1.29, 1.82) is 0 Å². The first-order chi connectivity index (χ1) is 9.56. The van der Waals surface area contributed by atoms with Gasteiger partial charge in [0, 0.05) is 25.7 Å². The van der Waals surface area contributed by atoms with Gasteiger partial charge in [0.2, 0.25) is 0 Å². The van der Waals surface area contributed by atoms with Crippen LogP contribution in [0.3, 0.4) is 0 Å². The number of ether oxygens (including phenoxy) is 1. The fraction of sp³-hybridized carbons (Fsp3) is 0.562. The normalized spacial score (nSPS) is 18.3. The van der Waals surface area contributed by atoms with Crippen molar-refractivity contribution in [2.45, 2.75) is 32.7 Å². The second kappa shape index (κ2) is 8.25. The first kappa shape index (κ1) is 17.8. The fourth-order valence-electron chi connectivity index (χ4n) is 2.36. The average molecular weight is 313 g/mol. The molecule has 0 spiro atoms. The molecule has 1 aromatic carbocycles. The average Bonchev–Trinajstić information content (AvgIpc) is 2.45. The van der Waals surface area contributed by atoms with Gasteiger partial charge in [0.1, 0.15) is 5.75 Å². The number of amides is 1. The van der Waals surface area contributed by atoms with Crippen LogP contribution in [-0.4, -0.2) is 43.1 Å². The Morgan fingerprint density at radius 2 is 2.24 bits per heavy atom. The second-order valence-electron chi connectivity index (χ2n) is 5.71. The van der Waals surface area contributed by atoms with E-state index in [1.807, 2.05) is 23.1 Å². The molecule has 5 heteroatoms. The van der Waals surface area contributed by atoms with E-state index in [0.717, 1.165) is 25.4 Å². The largest absolute Gasteiger partial charge is 0.484 e. The van der Waals surface area contributed by atoms with Gasteiger partial charge in [-0.1, -0.05) is 26.0 Å². The van der Waals surface area contributed by atoms with Crippen LogP contribution < -0.4 is 10.1 Å². The number of benzene rings is 1. The summed E-state index contributed by atoms with van der Waals surface area (Å²) in [7, 11) is 0. The predicted octanol–water partition coefficient (Wildman–Crippen LogP) is 2.43. The molecule has 0 bridgehead atoms. The van der Waals surface area contributed by atoms with Gasteiger partial charge in [0.25, 0.3) is 5.91 Å². The summed E-state index contributed by atoms with van der Waals surface area (Å²) in [5, 5.41) is 3.33. The minimum Gasteiger partial charge on any atom is -0.484 e. The van der Waals surface area contributed by atoms with Crippen LogP contribution in [0.4, 0.5) is 0 Å². The van der Waals surface area contributed by atoms with Crippen molar-refractivity contribution in [3.05, 3.63) is 29.8 Å². The Bertz CT molecular complexity index is 465. The minimum atomic E-state index is 0. The number of hydrogen-bond donors (Lipinski definition) is 1. The maximum atomic E-state index is 12.1. The Labute approximate surface area is 133 Å². The van der Waals surface area contributed by atoms with Crippen molar-refractivity contribution in [2.75, 3.05) is 26.2 Å². The highest BCUT2D eigenvalue weighted by molar-refractivity contribution is 5.85. The Balaban J connectivity index is 0.00000220. The van der Waals surface area contributed by atoms with Gasteiger partial charge in [-0.2, -0.15) is 0 Å². The molecular weight excluding hydrogens is 288 g/mol. The molecule has 1 aliphatic rings. The number of carbonyl (C=O) groups excluding carboxylic acids is 1. The lowest BCUT2D eigenvalue weighted by molar-refractivity contribution is -0.134. The molecule has 0 radical (unpaired) electrons. The lowest BCUT2D eigenvalue weighted by atomic mass is 10.0. The summed E-state index contributed by atoms with van der Waals surface area (Å²) in [6.07, 6.45) is 0. The summed E-state index contributed by atoms with van der Waals surface area (Å²) >= 11 is 0. The molecule has 1 heterocycles. The van der Waals surface area contributed by atoms with Gasteiger partial charge in [0.05, 0.1) is 0 Å². The molecule has 1 N–H and O–H groups in total. The molecular formula is C16H25ClN2O2. The molecule has 4 nitrogen and oxygen atoms in total. The van der Waals surface area contributed by atoms with Crippen molar-refractivity contribution >= 4 is 18.3 Å². The highest BCUT2D eigenvalue weighted by Gasteiger charge is 2.20. The first-order valence-electron chi connectivity index (χ1n) is 7.30. The minimum absolute atomic E-state index is 0. The zero-order valence-electron chi connectivity index (χ0n) is 13.0. The molecule has 118 valence electrons. The van der Waals surface area contributed by atoms with Crippen molar-refractivity contribution < 1.29 is 9.53 Å². The van der Waals surface area contributed by atoms with E-state index in [2.05, 4.69) is 32.2 Å². The molecule has 1 fully saturated rings. The monoisotopic (exact) mass is 312 g/mol. The van der Waals surface area contributed by atoms with Crippen LogP contribution in [0.1, 0.15) is 32.3 Å². The van der Waals surface area contributed by atoms with Gasteiger partial charge in [-0.25, -0.2) is 0 Å². The Morgan fingerprint density at radius 1 is 1.48 bits per heavy atom. The summed E-state index contributed by atoms with van der Waals surface area (Å²) in [4.78, 5) is 14.0. The zero-order valence-corrected chi connectivity index (χ0v) is 13.8. The van der Waals surface area contributed by atoms with Crippen molar-refractivity contribution in [1.82, 2.24) is 10.2 Å². The maximum Gasteiger partial charge on any atom is 0.260 e. The van der Waals surface area contributed by atoms with E-state index in [-0.39, 0.29) is 24.9 Å². The number of piperazine rings is 1. The van der Waals surface area contributed by atoms with E-state index in [4.69, 9.17) is 4.74 Å². The van der Waals surface area contributed by atoms with Gasteiger partial charge in [0.15, 0.2) is 6.61 Å². The van der Waals surface area contributed by atoms with Crippen LogP contribution in [-0.2, 0) is 4.79 Å². The van der Waals surface area contributed by atoms with Gasteiger partial charge in [-0.15, -0.1) is 12.4 Å². The van der Waals surface area contributed by atoms with Crippen LogP contribution in [0.5, 0.6) is 5.75 Å². The van der Waals surface area contributed by atoms with Crippen LogP contribution >= 0.6 is 12.4 Å². The van der Waals surface area contributed by atoms with Gasteiger partial charge < -0.3 is 15.0 Å². The highest BCUT2D eigenvalue weighted by Crippen LogP contribution is 2.20. The van der Waals surface area contributed by atoms with Crippen LogP contribution in [0.25, 0.3) is 0 Å². The second-order valence-corrected chi connectivity index (χ2v) is 5.71. The number of nitrogens with zero attached hydrogens (tertiary/aromatic N) is 1. The lowest BCUT2D eigenvalue weighted by Crippen LogP contribution is -2.52. The molecule has 0 aliphatic carbocycles. The molecule has 0 aromatic heterocycles. The quantitative estimate of drug-likeness (QED) is 0.928. The molecule has 2 rings (SSSR count). The Hall–Kier alpha value is -1.26. The highest BCUT2D eigenvalue weighted by atomic mass is 35.5. The maximum absolute atomic E-state index is 12.1. The molecule has 1 unspecified atom stereocenters. The topological polar surface area (TPSA) is 41.6 Å². The smallest absolute Gasteiger partial charge is 0.260 e. The van der Waals surface area contributed by atoms with Crippen LogP contribution in [0.15, 0.2) is 24.3 Å². The summed E-state index contributed by atoms with van der Waals surface area (Å²) in [5.74, 6) is 1.30. The third-order valence-corrected chi connectivity index (χ3v) is 3.61. The molecule has 0 saturated carbocycles. The zero-order chi connectivity index (χ0) is 14.5. The Morgan fingerprint density at radius 3 is 2.90 bits per heavy atom. The van der Waals surface area contributed by atoms with Gasteiger partial charge in [-0.05, 0) is 30.5 Å². The van der Waals surface area contributed by atoms with E-state index < -0.39 is 0 Å². The predicted molar refractivity (Wildman–Crippen MR) is 87.3 cm³/mol. The van der Waals surface area contributed by atoms with Crippen molar-refractivity contribution in [3.63, 3.8) is 0 Å². The van der Waals surface area contributed by atoms with Crippen molar-refractivity contribution in [2.24, 2.45) is 0 Å². The first-order valence-corrected chi connectivity index (χ1v) is 7.30. The number of rotatable bonds is 4. The summed E-state index contributed by atoms with van der Waals surface area (Å²) in [6.45, 7) is 8.88. The standard InChI is InChI=1S/C16H24N2O2.ClH/c1-12(2)14-5-4-6-15(9-14)20-11-16(19)18-8-7-17-13(3)10-18;/h4-6,9,12-13,17H,7-8,10-11H2,1-3H3;1H. The van der Waals surface area contributed by atoms with E-state index in [1.165, 1.54) is 5.56 Å². The third-order valence-electron chi connectivity index (χ3n) is 3.61. The summed E-state index contributed by atoms with van der Waals surface area (Å²) in [6, 6.07) is 8.33. The van der Waals surface area contributed by atoms with Crippen molar-refractivity contribution in [3.8, 4) is 5.75 Å². The lowest BCUT2D eigenvalue weighted by Gasteiger charge is -2.31. The Kier molecular flexibility index (Phi) is 6.99. The van der Waals surface area contributed by atoms with Crippen LogP contribution in [0, 0.1) is 0 Å². The molecule has 1 amide bonds. The molecule has 21 heavy (non-hydrogen) atoms. The molecule has 1 aliphatic heterocycles. The van der Waals surface area contributed by atoms with E-state index >= 15 is 0 Å². The molecule has 1 aromatic rings. The molecule has 1 saturated heterocycles. The third kappa shape index (κ3) is 5.21. The van der Waals surface area contributed by atoms with E-state index in [0.29, 0.717) is 12.0 Å². The number of nitrogens with one attached hydrogen (secondary N) is 1. The van der Waals surface area contributed by atoms with E-state index in [1.54, 1.807) is 0 Å². The van der Waals surface area contributed by atoms with Gasteiger partial charge in [-0.3, -0.25) is 4.79 Å². The fourth-order valence-corrected chi connectivity index (χ4v) is 2.36. The number of halogens is 1. The van der Waals surface area contributed by atoms with Gasteiger partial charge >= 0.3 is 0 Å². The number of carbonyl (C=O) groups is 1. The molecule has 1 atom stereocenters. The van der Waals surface area contributed by atoms with E-state index in [9.17, 15) is 4.79 Å².